The fourth-order valence-corrected chi connectivity index (χ4v) is 2.39. The molecule has 27 heavy (non-hydrogen) atoms. The number of amides is 2. The summed E-state index contributed by atoms with van der Waals surface area (Å²) in [7, 11) is 1.23. The SMILES string of the molecule is COC(=O)c1cccc(C(=O)N[C@@H](Cc2ccc(C(=O)O)cc2)C(N)=O)c1. The Balaban J connectivity index is 2.13. The van der Waals surface area contributed by atoms with Crippen LogP contribution < -0.4 is 11.1 Å². The summed E-state index contributed by atoms with van der Waals surface area (Å²) in [6, 6.07) is 10.7. The molecular weight excluding hydrogens is 352 g/mol. The van der Waals surface area contributed by atoms with Crippen molar-refractivity contribution < 1.29 is 29.0 Å². The summed E-state index contributed by atoms with van der Waals surface area (Å²) in [5, 5.41) is 11.4. The summed E-state index contributed by atoms with van der Waals surface area (Å²) in [6.07, 6.45) is 0.0949. The van der Waals surface area contributed by atoms with Crippen LogP contribution in [0, 0.1) is 0 Å². The molecule has 2 aromatic rings. The van der Waals surface area contributed by atoms with Crippen LogP contribution in [0.4, 0.5) is 0 Å². The summed E-state index contributed by atoms with van der Waals surface area (Å²) in [6.45, 7) is 0. The zero-order valence-electron chi connectivity index (χ0n) is 14.5. The highest BCUT2D eigenvalue weighted by molar-refractivity contribution is 5.99. The highest BCUT2D eigenvalue weighted by Crippen LogP contribution is 2.10. The standard InChI is InChI=1S/C19H18N2O6/c1-27-19(26)14-4-2-3-13(10-14)17(23)21-15(16(20)22)9-11-5-7-12(8-6-11)18(24)25/h2-8,10,15H,9H2,1H3,(H2,20,22)(H,21,23)(H,24,25)/t15-/m0/s1. The predicted molar refractivity (Wildman–Crippen MR) is 95.3 cm³/mol. The first-order valence-electron chi connectivity index (χ1n) is 7.92. The van der Waals surface area contributed by atoms with Crippen molar-refractivity contribution in [3.8, 4) is 0 Å². The van der Waals surface area contributed by atoms with Crippen molar-refractivity contribution >= 4 is 23.8 Å². The molecule has 0 radical (unpaired) electrons. The van der Waals surface area contributed by atoms with Crippen LogP contribution in [0.15, 0.2) is 48.5 Å². The summed E-state index contributed by atoms with van der Waals surface area (Å²) < 4.78 is 4.61. The lowest BCUT2D eigenvalue weighted by atomic mass is 10.0. The van der Waals surface area contributed by atoms with Crippen molar-refractivity contribution in [2.45, 2.75) is 12.5 Å². The summed E-state index contributed by atoms with van der Waals surface area (Å²) in [4.78, 5) is 46.6. The molecule has 0 saturated carbocycles. The number of rotatable bonds is 7. The number of hydrogen-bond acceptors (Lipinski definition) is 5. The number of aromatic carboxylic acids is 1. The van der Waals surface area contributed by atoms with Crippen LogP contribution in [-0.4, -0.2) is 42.0 Å². The van der Waals surface area contributed by atoms with E-state index in [4.69, 9.17) is 10.8 Å². The van der Waals surface area contributed by atoms with E-state index in [-0.39, 0.29) is 23.1 Å². The van der Waals surface area contributed by atoms with Gasteiger partial charge in [0.15, 0.2) is 0 Å². The maximum atomic E-state index is 12.4. The van der Waals surface area contributed by atoms with E-state index in [2.05, 4.69) is 10.1 Å². The van der Waals surface area contributed by atoms with Gasteiger partial charge < -0.3 is 20.9 Å². The molecule has 1 atom stereocenters. The Morgan fingerprint density at radius 3 is 2.22 bits per heavy atom. The van der Waals surface area contributed by atoms with E-state index in [0.717, 1.165) is 0 Å². The zero-order valence-corrected chi connectivity index (χ0v) is 14.5. The number of hydrogen-bond donors (Lipinski definition) is 3. The summed E-state index contributed by atoms with van der Waals surface area (Å²) >= 11 is 0. The number of carboxylic acid groups (broad SMARTS) is 1. The van der Waals surface area contributed by atoms with E-state index in [9.17, 15) is 19.2 Å². The third-order valence-corrected chi connectivity index (χ3v) is 3.84. The van der Waals surface area contributed by atoms with Gasteiger partial charge in [-0.3, -0.25) is 9.59 Å². The number of carboxylic acids is 1. The fraction of sp³-hybridized carbons (Fsp3) is 0.158. The number of methoxy groups -OCH3 is 1. The maximum Gasteiger partial charge on any atom is 0.337 e. The van der Waals surface area contributed by atoms with Crippen LogP contribution in [0.2, 0.25) is 0 Å². The maximum absolute atomic E-state index is 12.4. The predicted octanol–water partition coefficient (Wildman–Crippen LogP) is 0.998. The van der Waals surface area contributed by atoms with Gasteiger partial charge in [0.1, 0.15) is 6.04 Å². The topological polar surface area (TPSA) is 136 Å². The molecule has 0 aliphatic rings. The quantitative estimate of drug-likeness (QED) is 0.622. The number of nitrogens with two attached hydrogens (primary N) is 1. The number of carbonyl (C=O) groups is 4. The second kappa shape index (κ2) is 8.61. The molecule has 0 aliphatic carbocycles. The molecule has 4 N–H and O–H groups in total. The Morgan fingerprint density at radius 2 is 1.67 bits per heavy atom. The summed E-state index contributed by atoms with van der Waals surface area (Å²) in [5.41, 5.74) is 6.48. The first kappa shape index (κ1) is 19.6. The Morgan fingerprint density at radius 1 is 1.04 bits per heavy atom. The molecule has 8 nitrogen and oxygen atoms in total. The van der Waals surface area contributed by atoms with Gasteiger partial charge in [-0.05, 0) is 35.9 Å². The third-order valence-electron chi connectivity index (χ3n) is 3.84. The smallest absolute Gasteiger partial charge is 0.337 e. The normalized spacial score (nSPS) is 11.3. The van der Waals surface area contributed by atoms with Crippen molar-refractivity contribution in [3.63, 3.8) is 0 Å². The van der Waals surface area contributed by atoms with Gasteiger partial charge in [-0.25, -0.2) is 9.59 Å². The Labute approximate surface area is 154 Å². The minimum atomic E-state index is -1.06. The molecule has 8 heteroatoms. The van der Waals surface area contributed by atoms with E-state index in [1.165, 1.54) is 43.5 Å². The Kier molecular flexibility index (Phi) is 6.27. The van der Waals surface area contributed by atoms with E-state index in [1.807, 2.05) is 0 Å². The van der Waals surface area contributed by atoms with Crippen LogP contribution in [0.5, 0.6) is 0 Å². The molecule has 0 aromatic heterocycles. The monoisotopic (exact) mass is 370 g/mol. The zero-order chi connectivity index (χ0) is 20.0. The first-order chi connectivity index (χ1) is 12.8. The van der Waals surface area contributed by atoms with Crippen molar-refractivity contribution in [1.29, 1.82) is 0 Å². The van der Waals surface area contributed by atoms with Crippen molar-refractivity contribution in [1.82, 2.24) is 5.32 Å². The van der Waals surface area contributed by atoms with Gasteiger partial charge in [0.25, 0.3) is 5.91 Å². The molecule has 0 unspecified atom stereocenters. The third kappa shape index (κ3) is 5.15. The molecule has 0 fully saturated rings. The molecule has 2 rings (SSSR count). The van der Waals surface area contributed by atoms with Gasteiger partial charge >= 0.3 is 11.9 Å². The average molecular weight is 370 g/mol. The molecule has 140 valence electrons. The Bertz CT molecular complexity index is 876. The Hall–Kier alpha value is -3.68. The van der Waals surface area contributed by atoms with E-state index < -0.39 is 29.8 Å². The molecule has 0 heterocycles. The van der Waals surface area contributed by atoms with E-state index in [1.54, 1.807) is 12.1 Å². The van der Waals surface area contributed by atoms with Gasteiger partial charge in [-0.1, -0.05) is 18.2 Å². The average Bonchev–Trinajstić information content (AvgIpc) is 2.67. The molecule has 2 amide bonds. The lowest BCUT2D eigenvalue weighted by Crippen LogP contribution is -2.45. The number of primary amides is 1. The van der Waals surface area contributed by atoms with Crippen molar-refractivity contribution in [2.75, 3.05) is 7.11 Å². The van der Waals surface area contributed by atoms with Crippen molar-refractivity contribution in [2.24, 2.45) is 5.73 Å². The molecular formula is C19H18N2O6. The second-order valence-electron chi connectivity index (χ2n) is 5.71. The van der Waals surface area contributed by atoms with Gasteiger partial charge in [-0.15, -0.1) is 0 Å². The molecule has 0 aliphatic heterocycles. The molecule has 0 bridgehead atoms. The molecule has 2 aromatic carbocycles. The lowest BCUT2D eigenvalue weighted by molar-refractivity contribution is -0.119. The lowest BCUT2D eigenvalue weighted by Gasteiger charge is -2.16. The number of esters is 1. The minimum Gasteiger partial charge on any atom is -0.478 e. The van der Waals surface area contributed by atoms with Crippen LogP contribution in [0.3, 0.4) is 0 Å². The second-order valence-corrected chi connectivity index (χ2v) is 5.71. The summed E-state index contributed by atoms with van der Waals surface area (Å²) in [5.74, 6) is -2.97. The van der Waals surface area contributed by atoms with Gasteiger partial charge in [0.2, 0.25) is 5.91 Å². The highest BCUT2D eigenvalue weighted by Gasteiger charge is 2.20. The largest absolute Gasteiger partial charge is 0.478 e. The number of carbonyl (C=O) groups excluding carboxylic acids is 3. The highest BCUT2D eigenvalue weighted by atomic mass is 16.5. The van der Waals surface area contributed by atoms with Crippen molar-refractivity contribution in [3.05, 3.63) is 70.8 Å². The minimum absolute atomic E-state index is 0.0949. The number of nitrogens with one attached hydrogen (secondary N) is 1. The van der Waals surface area contributed by atoms with Gasteiger partial charge in [0.05, 0.1) is 18.2 Å². The van der Waals surface area contributed by atoms with Crippen LogP contribution in [0.25, 0.3) is 0 Å². The number of benzene rings is 2. The molecule has 0 saturated heterocycles. The van der Waals surface area contributed by atoms with Crippen LogP contribution in [-0.2, 0) is 16.0 Å². The first-order valence-corrected chi connectivity index (χ1v) is 7.92. The molecule has 0 spiro atoms. The van der Waals surface area contributed by atoms with Crippen LogP contribution >= 0.6 is 0 Å². The van der Waals surface area contributed by atoms with E-state index >= 15 is 0 Å². The number of ether oxygens (including phenoxy) is 1. The van der Waals surface area contributed by atoms with E-state index in [0.29, 0.717) is 5.56 Å². The van der Waals surface area contributed by atoms with Crippen LogP contribution in [0.1, 0.15) is 36.6 Å². The fourth-order valence-electron chi connectivity index (χ4n) is 2.39. The van der Waals surface area contributed by atoms with Gasteiger partial charge in [-0.2, -0.15) is 0 Å². The van der Waals surface area contributed by atoms with Gasteiger partial charge in [0, 0.05) is 12.0 Å².